The van der Waals surface area contributed by atoms with Gasteiger partial charge in [0.05, 0.1) is 11.6 Å². The molecule has 0 aromatic rings. The predicted molar refractivity (Wildman–Crippen MR) is 56.4 cm³/mol. The van der Waals surface area contributed by atoms with Gasteiger partial charge in [0, 0.05) is 5.92 Å². The van der Waals surface area contributed by atoms with Crippen molar-refractivity contribution in [2.24, 2.45) is 11.7 Å². The molecule has 2 N–H and O–H groups in total. The van der Waals surface area contributed by atoms with Gasteiger partial charge in [-0.1, -0.05) is 19.8 Å². The Kier molecular flexibility index (Phi) is 4.65. The van der Waals surface area contributed by atoms with Crippen molar-refractivity contribution in [3.05, 3.63) is 0 Å². The molecule has 80 valence electrons. The molecule has 0 radical (unpaired) electrons. The van der Waals surface area contributed by atoms with Crippen LogP contribution in [0.25, 0.3) is 0 Å². The van der Waals surface area contributed by atoms with Crippen molar-refractivity contribution in [3.63, 3.8) is 0 Å². The van der Waals surface area contributed by atoms with Crippen LogP contribution in [-0.4, -0.2) is 17.6 Å². The zero-order valence-corrected chi connectivity index (χ0v) is 9.55. The SMILES string of the molecule is CC(C)OC(=O)C#CC(C)(N)C(C)C. The Hall–Kier alpha value is -1.01. The number of hydrogen-bond donors (Lipinski definition) is 1. The van der Waals surface area contributed by atoms with Gasteiger partial charge in [0.15, 0.2) is 0 Å². The molecule has 0 fully saturated rings. The molecule has 0 aliphatic carbocycles. The minimum Gasteiger partial charge on any atom is -0.453 e. The van der Waals surface area contributed by atoms with Crippen LogP contribution in [0.3, 0.4) is 0 Å². The standard InChI is InChI=1S/C11H19NO2/c1-8(2)11(5,12)7-6-10(13)14-9(3)4/h8-9H,12H2,1-5H3. The fourth-order valence-corrected chi connectivity index (χ4v) is 0.574. The first-order chi connectivity index (χ1) is 6.25. The van der Waals surface area contributed by atoms with E-state index in [0.717, 1.165) is 0 Å². The largest absolute Gasteiger partial charge is 0.453 e. The second-order valence-corrected chi connectivity index (χ2v) is 4.14. The Balaban J connectivity index is 4.36. The summed E-state index contributed by atoms with van der Waals surface area (Å²) in [5.41, 5.74) is 5.21. The third-order valence-electron chi connectivity index (χ3n) is 1.98. The lowest BCUT2D eigenvalue weighted by Crippen LogP contribution is -2.40. The van der Waals surface area contributed by atoms with E-state index in [2.05, 4.69) is 11.8 Å². The molecule has 0 bridgehead atoms. The van der Waals surface area contributed by atoms with E-state index in [0.29, 0.717) is 0 Å². The molecule has 14 heavy (non-hydrogen) atoms. The van der Waals surface area contributed by atoms with E-state index in [-0.39, 0.29) is 12.0 Å². The summed E-state index contributed by atoms with van der Waals surface area (Å²) in [7, 11) is 0. The lowest BCUT2D eigenvalue weighted by molar-refractivity contribution is -0.140. The highest BCUT2D eigenvalue weighted by Gasteiger charge is 2.19. The number of carbonyl (C=O) groups is 1. The van der Waals surface area contributed by atoms with Gasteiger partial charge >= 0.3 is 5.97 Å². The van der Waals surface area contributed by atoms with Gasteiger partial charge in [0.2, 0.25) is 0 Å². The zero-order chi connectivity index (χ0) is 11.4. The van der Waals surface area contributed by atoms with Crippen LogP contribution in [0.5, 0.6) is 0 Å². The van der Waals surface area contributed by atoms with Crippen molar-refractivity contribution in [3.8, 4) is 11.8 Å². The maximum Gasteiger partial charge on any atom is 0.384 e. The van der Waals surface area contributed by atoms with Crippen LogP contribution in [0.1, 0.15) is 34.6 Å². The molecule has 0 rings (SSSR count). The highest BCUT2D eigenvalue weighted by molar-refractivity contribution is 5.88. The smallest absolute Gasteiger partial charge is 0.384 e. The third-order valence-corrected chi connectivity index (χ3v) is 1.98. The molecule has 0 aromatic heterocycles. The number of esters is 1. The van der Waals surface area contributed by atoms with Gasteiger partial charge in [-0.05, 0) is 26.7 Å². The molecule has 0 aromatic carbocycles. The fourth-order valence-electron chi connectivity index (χ4n) is 0.574. The Morgan fingerprint density at radius 1 is 1.36 bits per heavy atom. The van der Waals surface area contributed by atoms with Crippen LogP contribution < -0.4 is 5.73 Å². The average molecular weight is 197 g/mol. The molecule has 1 atom stereocenters. The second kappa shape index (κ2) is 5.02. The zero-order valence-electron chi connectivity index (χ0n) is 9.55. The Labute approximate surface area is 86.0 Å². The number of ether oxygens (including phenoxy) is 1. The maximum absolute atomic E-state index is 11.1. The summed E-state index contributed by atoms with van der Waals surface area (Å²) in [6, 6.07) is 0. The highest BCUT2D eigenvalue weighted by atomic mass is 16.5. The number of carbonyl (C=O) groups excluding carboxylic acids is 1. The molecule has 0 heterocycles. The van der Waals surface area contributed by atoms with Gasteiger partial charge in [-0.3, -0.25) is 0 Å². The van der Waals surface area contributed by atoms with Crippen molar-refractivity contribution < 1.29 is 9.53 Å². The van der Waals surface area contributed by atoms with Crippen LogP contribution in [0.15, 0.2) is 0 Å². The lowest BCUT2D eigenvalue weighted by atomic mass is 9.90. The van der Waals surface area contributed by atoms with Crippen LogP contribution in [0.2, 0.25) is 0 Å². The van der Waals surface area contributed by atoms with Crippen LogP contribution >= 0.6 is 0 Å². The molecule has 0 saturated carbocycles. The van der Waals surface area contributed by atoms with Crippen LogP contribution in [-0.2, 0) is 9.53 Å². The Bertz CT molecular complexity index is 256. The summed E-state index contributed by atoms with van der Waals surface area (Å²) >= 11 is 0. The number of nitrogens with two attached hydrogens (primary N) is 1. The summed E-state index contributed by atoms with van der Waals surface area (Å²) in [6.07, 6.45) is -0.139. The highest BCUT2D eigenvalue weighted by Crippen LogP contribution is 2.10. The summed E-state index contributed by atoms with van der Waals surface area (Å²) in [5.74, 6) is 4.80. The molecule has 0 aliphatic heterocycles. The van der Waals surface area contributed by atoms with E-state index >= 15 is 0 Å². The van der Waals surface area contributed by atoms with Crippen molar-refractivity contribution in [2.75, 3.05) is 0 Å². The molecule has 0 amide bonds. The molecule has 0 spiro atoms. The minimum absolute atomic E-state index is 0.139. The fraction of sp³-hybridized carbons (Fsp3) is 0.727. The summed E-state index contributed by atoms with van der Waals surface area (Å²) in [6.45, 7) is 9.28. The molecule has 0 saturated heterocycles. The third kappa shape index (κ3) is 4.88. The van der Waals surface area contributed by atoms with Gasteiger partial charge in [-0.15, -0.1) is 0 Å². The van der Waals surface area contributed by atoms with Gasteiger partial charge in [0.25, 0.3) is 0 Å². The second-order valence-electron chi connectivity index (χ2n) is 4.14. The monoisotopic (exact) mass is 197 g/mol. The summed E-state index contributed by atoms with van der Waals surface area (Å²) in [5, 5.41) is 0. The van der Waals surface area contributed by atoms with Crippen LogP contribution in [0, 0.1) is 17.8 Å². The van der Waals surface area contributed by atoms with E-state index in [1.807, 2.05) is 13.8 Å². The quantitative estimate of drug-likeness (QED) is 0.412. The molecule has 3 heteroatoms. The summed E-state index contributed by atoms with van der Waals surface area (Å²) < 4.78 is 4.86. The lowest BCUT2D eigenvalue weighted by Gasteiger charge is -2.21. The molecular weight excluding hydrogens is 178 g/mol. The normalized spacial score (nSPS) is 14.6. The first-order valence-corrected chi connectivity index (χ1v) is 4.78. The number of hydrogen-bond acceptors (Lipinski definition) is 3. The minimum atomic E-state index is -0.643. The van der Waals surface area contributed by atoms with Crippen molar-refractivity contribution in [1.29, 1.82) is 0 Å². The van der Waals surface area contributed by atoms with E-state index < -0.39 is 11.5 Å². The first kappa shape index (κ1) is 13.0. The van der Waals surface area contributed by atoms with Gasteiger partial charge in [-0.2, -0.15) is 0 Å². The molecule has 0 aliphatic rings. The Morgan fingerprint density at radius 2 is 1.86 bits per heavy atom. The predicted octanol–water partition coefficient (Wildman–Crippen LogP) is 1.31. The van der Waals surface area contributed by atoms with Gasteiger partial charge < -0.3 is 10.5 Å². The molecule has 3 nitrogen and oxygen atoms in total. The van der Waals surface area contributed by atoms with E-state index in [4.69, 9.17) is 10.5 Å². The van der Waals surface area contributed by atoms with Crippen molar-refractivity contribution in [2.45, 2.75) is 46.3 Å². The number of rotatable bonds is 2. The molecule has 1 unspecified atom stereocenters. The average Bonchev–Trinajstić information content (AvgIpc) is 1.99. The Morgan fingerprint density at radius 3 is 2.21 bits per heavy atom. The van der Waals surface area contributed by atoms with Crippen LogP contribution in [0.4, 0.5) is 0 Å². The maximum atomic E-state index is 11.1. The molecular formula is C11H19NO2. The summed E-state index contributed by atoms with van der Waals surface area (Å²) in [4.78, 5) is 11.1. The topological polar surface area (TPSA) is 52.3 Å². The van der Waals surface area contributed by atoms with E-state index in [1.54, 1.807) is 20.8 Å². The van der Waals surface area contributed by atoms with E-state index in [1.165, 1.54) is 0 Å². The van der Waals surface area contributed by atoms with Crippen molar-refractivity contribution in [1.82, 2.24) is 0 Å². The van der Waals surface area contributed by atoms with Gasteiger partial charge in [0.1, 0.15) is 0 Å². The van der Waals surface area contributed by atoms with E-state index in [9.17, 15) is 4.79 Å². The van der Waals surface area contributed by atoms with Gasteiger partial charge in [-0.25, -0.2) is 4.79 Å². The van der Waals surface area contributed by atoms with Crippen molar-refractivity contribution >= 4 is 5.97 Å². The first-order valence-electron chi connectivity index (χ1n) is 4.78.